The lowest BCUT2D eigenvalue weighted by molar-refractivity contribution is -0.157. The highest BCUT2D eigenvalue weighted by atomic mass is 16.6. The first kappa shape index (κ1) is 48.2. The average molecular weight is 904 g/mol. The van der Waals surface area contributed by atoms with Crippen molar-refractivity contribution in [3.05, 3.63) is 179 Å². The molecule has 2 aliphatic heterocycles. The second-order valence-electron chi connectivity index (χ2n) is 17.4. The zero-order chi connectivity index (χ0) is 47.3. The van der Waals surface area contributed by atoms with Crippen molar-refractivity contribution < 1.29 is 48.0 Å². The summed E-state index contributed by atoms with van der Waals surface area (Å²) in [5.74, 6) is 1.37. The molecule has 2 aliphatic rings. The lowest BCUT2D eigenvalue weighted by atomic mass is 9.80. The standard InChI is InChI=1S/C29H32BNO6.C23H23BN2O4/c1-29(2,3)37-27(32)17-22(15-20-7-5-4-6-8-20)28(33)31-18-21-9-11-24(12-10-21)36-25-13-14-26-23(16-25)19-35-30(26)34;25-22(12-16-4-2-1-3-5-16)23(27)26-14-17-6-8-19(9-7-17)30-20-10-11-21-18(13-20)15-29-24(21)28/h4-14,16,22,34H,15,17-19H2,1-3H3,(H,31,33);1-11,13,22,28H,12,14-15,25H2,(H,26,27). The minimum Gasteiger partial charge on any atom is -0.460 e. The van der Waals surface area contributed by atoms with Gasteiger partial charge in [-0.15, -0.1) is 0 Å². The van der Waals surface area contributed by atoms with E-state index in [-0.39, 0.29) is 18.2 Å². The van der Waals surface area contributed by atoms with Crippen LogP contribution in [-0.4, -0.2) is 53.7 Å². The summed E-state index contributed by atoms with van der Waals surface area (Å²) in [6.45, 7) is 6.89. The smallest absolute Gasteiger partial charge is 0.460 e. The molecule has 0 fully saturated rings. The molecule has 8 rings (SSSR count). The van der Waals surface area contributed by atoms with E-state index in [1.54, 1.807) is 18.2 Å². The molecule has 6 aromatic carbocycles. The number of nitrogens with two attached hydrogens (primary N) is 1. The van der Waals surface area contributed by atoms with Crippen molar-refractivity contribution in [2.45, 2.75) is 78.0 Å². The van der Waals surface area contributed by atoms with Crippen molar-refractivity contribution in [3.8, 4) is 23.0 Å². The topological polar surface area (TPSA) is 188 Å². The number of hydrogen-bond donors (Lipinski definition) is 5. The van der Waals surface area contributed by atoms with Gasteiger partial charge in [0.1, 0.15) is 28.6 Å². The van der Waals surface area contributed by atoms with Gasteiger partial charge in [0, 0.05) is 13.1 Å². The van der Waals surface area contributed by atoms with Crippen LogP contribution in [0.2, 0.25) is 0 Å². The van der Waals surface area contributed by atoms with Gasteiger partial charge in [-0.05, 0) is 126 Å². The summed E-state index contributed by atoms with van der Waals surface area (Å²) in [7, 11) is -1.74. The Morgan fingerprint density at radius 3 is 1.49 bits per heavy atom. The molecule has 2 heterocycles. The summed E-state index contributed by atoms with van der Waals surface area (Å²) in [5.41, 5.74) is 12.6. The fraction of sp³-hybridized carbons (Fsp3) is 0.250. The normalized spacial score (nSPS) is 13.6. The lowest BCUT2D eigenvalue weighted by Gasteiger charge is -2.22. The summed E-state index contributed by atoms with van der Waals surface area (Å²) in [6, 6.07) is 44.7. The zero-order valence-corrected chi connectivity index (χ0v) is 37.9. The number of carbonyl (C=O) groups excluding carboxylic acids is 3. The van der Waals surface area contributed by atoms with E-state index in [0.717, 1.165) is 44.3 Å². The number of benzene rings is 6. The number of hydrogen-bond acceptors (Lipinski definition) is 11. The van der Waals surface area contributed by atoms with Gasteiger partial charge in [0.05, 0.1) is 31.6 Å². The quantitative estimate of drug-likeness (QED) is 0.0585. The van der Waals surface area contributed by atoms with Crippen molar-refractivity contribution in [1.29, 1.82) is 0 Å². The van der Waals surface area contributed by atoms with Crippen molar-refractivity contribution in [2.24, 2.45) is 11.7 Å². The van der Waals surface area contributed by atoms with Gasteiger partial charge in [0.25, 0.3) is 0 Å². The van der Waals surface area contributed by atoms with Crippen LogP contribution in [0.3, 0.4) is 0 Å². The van der Waals surface area contributed by atoms with Gasteiger partial charge in [-0.2, -0.15) is 0 Å². The van der Waals surface area contributed by atoms with Crippen LogP contribution in [0.25, 0.3) is 0 Å². The molecule has 0 saturated carbocycles. The number of nitrogens with one attached hydrogen (secondary N) is 2. The van der Waals surface area contributed by atoms with Gasteiger partial charge in [-0.25, -0.2) is 0 Å². The van der Waals surface area contributed by atoms with Crippen molar-refractivity contribution in [1.82, 2.24) is 10.6 Å². The molecule has 344 valence electrons. The van der Waals surface area contributed by atoms with E-state index in [0.29, 0.717) is 62.1 Å². The largest absolute Gasteiger partial charge is 0.491 e. The predicted octanol–water partition coefficient (Wildman–Crippen LogP) is 5.79. The van der Waals surface area contributed by atoms with E-state index >= 15 is 0 Å². The highest BCUT2D eigenvalue weighted by Gasteiger charge is 2.29. The van der Waals surface area contributed by atoms with E-state index in [1.165, 1.54) is 0 Å². The number of fused-ring (bicyclic) bond motifs is 2. The summed E-state index contributed by atoms with van der Waals surface area (Å²) in [5, 5.41) is 25.3. The van der Waals surface area contributed by atoms with E-state index < -0.39 is 37.8 Å². The summed E-state index contributed by atoms with van der Waals surface area (Å²) >= 11 is 0. The fourth-order valence-electron chi connectivity index (χ4n) is 7.52. The summed E-state index contributed by atoms with van der Waals surface area (Å²) in [4.78, 5) is 37.8. The third-order valence-corrected chi connectivity index (χ3v) is 11.0. The van der Waals surface area contributed by atoms with Crippen LogP contribution in [0.15, 0.2) is 146 Å². The molecule has 15 heteroatoms. The van der Waals surface area contributed by atoms with Crippen LogP contribution in [-0.2, 0) is 67.6 Å². The molecule has 0 radical (unpaired) electrons. The second kappa shape index (κ2) is 22.6. The number of rotatable bonds is 16. The van der Waals surface area contributed by atoms with Crippen LogP contribution in [0.1, 0.15) is 60.6 Å². The highest BCUT2D eigenvalue weighted by molar-refractivity contribution is 6.62. The average Bonchev–Trinajstić information content (AvgIpc) is 3.88. The molecule has 0 aromatic heterocycles. The maximum absolute atomic E-state index is 13.1. The second-order valence-corrected chi connectivity index (χ2v) is 17.4. The van der Waals surface area contributed by atoms with Gasteiger partial charge in [0.2, 0.25) is 11.8 Å². The fourth-order valence-corrected chi connectivity index (χ4v) is 7.52. The van der Waals surface area contributed by atoms with Crippen LogP contribution in [0.5, 0.6) is 23.0 Å². The van der Waals surface area contributed by atoms with E-state index in [1.807, 2.05) is 148 Å². The minimum absolute atomic E-state index is 0.00756. The monoisotopic (exact) mass is 903 g/mol. The van der Waals surface area contributed by atoms with Crippen molar-refractivity contribution in [2.75, 3.05) is 0 Å². The van der Waals surface area contributed by atoms with Gasteiger partial charge in [-0.3, -0.25) is 14.4 Å². The van der Waals surface area contributed by atoms with Crippen molar-refractivity contribution in [3.63, 3.8) is 0 Å². The Kier molecular flexibility index (Phi) is 16.3. The third-order valence-electron chi connectivity index (χ3n) is 11.0. The molecule has 0 aliphatic carbocycles. The lowest BCUT2D eigenvalue weighted by Crippen LogP contribution is -2.41. The van der Waals surface area contributed by atoms with E-state index in [9.17, 15) is 24.4 Å². The molecule has 0 bridgehead atoms. The Morgan fingerprint density at radius 2 is 1.03 bits per heavy atom. The van der Waals surface area contributed by atoms with Crippen LogP contribution >= 0.6 is 0 Å². The maximum atomic E-state index is 13.1. The number of carbonyl (C=O) groups is 3. The van der Waals surface area contributed by atoms with E-state index in [2.05, 4.69) is 10.6 Å². The highest BCUT2D eigenvalue weighted by Crippen LogP contribution is 2.26. The molecule has 6 N–H and O–H groups in total. The number of esters is 1. The maximum Gasteiger partial charge on any atom is 0.491 e. The molecule has 0 saturated heterocycles. The van der Waals surface area contributed by atoms with Gasteiger partial charge >= 0.3 is 20.2 Å². The third kappa shape index (κ3) is 14.4. The Hall–Kier alpha value is -6.74. The Labute approximate surface area is 391 Å². The molecule has 0 spiro atoms. The number of ether oxygens (including phenoxy) is 3. The molecule has 2 atom stereocenters. The molecule has 2 amide bonds. The molecule has 13 nitrogen and oxygen atoms in total. The van der Waals surface area contributed by atoms with Gasteiger partial charge in [-0.1, -0.05) is 97.1 Å². The first-order valence-corrected chi connectivity index (χ1v) is 22.2. The molecular formula is C52H55B2N3O10. The zero-order valence-electron chi connectivity index (χ0n) is 37.9. The first-order chi connectivity index (χ1) is 32.2. The number of amides is 2. The van der Waals surface area contributed by atoms with Crippen LogP contribution in [0.4, 0.5) is 0 Å². The van der Waals surface area contributed by atoms with E-state index in [4.69, 9.17) is 29.3 Å². The molecule has 6 aromatic rings. The Bertz CT molecular complexity index is 2590. The Balaban J connectivity index is 0.000000203. The molecule has 2 unspecified atom stereocenters. The Morgan fingerprint density at radius 1 is 0.597 bits per heavy atom. The first-order valence-electron chi connectivity index (χ1n) is 22.2. The SMILES string of the molecule is CC(C)(C)OC(=O)CC(Cc1ccccc1)C(=O)NCc1ccc(Oc2ccc3c(c2)COB3O)cc1.NC(Cc1ccccc1)C(=O)NCc1ccc(Oc2ccc3c(c2)COB3O)cc1. The summed E-state index contributed by atoms with van der Waals surface area (Å²) < 4.78 is 27.7. The van der Waals surface area contributed by atoms with Crippen molar-refractivity contribution >= 4 is 42.9 Å². The van der Waals surface area contributed by atoms with Gasteiger partial charge < -0.3 is 49.9 Å². The minimum atomic E-state index is -0.880. The molecular weight excluding hydrogens is 848 g/mol. The van der Waals surface area contributed by atoms with Crippen LogP contribution in [0, 0.1) is 5.92 Å². The van der Waals surface area contributed by atoms with Crippen LogP contribution < -0.4 is 36.8 Å². The van der Waals surface area contributed by atoms with Gasteiger partial charge in [0.15, 0.2) is 0 Å². The predicted molar refractivity (Wildman–Crippen MR) is 257 cm³/mol. The molecule has 67 heavy (non-hydrogen) atoms. The summed E-state index contributed by atoms with van der Waals surface area (Å²) in [6.07, 6.45) is 0.956.